The summed E-state index contributed by atoms with van der Waals surface area (Å²) in [7, 11) is -2.03. The Labute approximate surface area is 273 Å². The second kappa shape index (κ2) is 20.0. The molecule has 0 amide bonds. The summed E-state index contributed by atoms with van der Waals surface area (Å²) in [5.74, 6) is 1.82. The van der Waals surface area contributed by atoms with E-state index in [4.69, 9.17) is 33.5 Å². The Bertz CT molecular complexity index is 1290. The fraction of sp³-hybridized carbons (Fsp3) is 0.273. The van der Waals surface area contributed by atoms with Gasteiger partial charge in [0.15, 0.2) is 0 Å². The first kappa shape index (κ1) is 37.9. The molecule has 0 saturated carbocycles. The number of hydrogen-bond donors (Lipinski definition) is 2. The molecule has 2 N–H and O–H groups in total. The smallest absolute Gasteiger partial charge is 0.457 e. The molecule has 0 bridgehead atoms. The van der Waals surface area contributed by atoms with Gasteiger partial charge in [-0.25, -0.2) is 8.78 Å². The molecule has 0 radical (unpaired) electrons. The lowest BCUT2D eigenvalue weighted by molar-refractivity contribution is 0.0335. The minimum Gasteiger partial charge on any atom is -0.457 e. The predicted molar refractivity (Wildman–Crippen MR) is 178 cm³/mol. The van der Waals surface area contributed by atoms with Crippen LogP contribution in [0.3, 0.4) is 0 Å². The summed E-state index contributed by atoms with van der Waals surface area (Å²) in [6.45, 7) is 11.8. The van der Waals surface area contributed by atoms with Gasteiger partial charge in [0.2, 0.25) is 0 Å². The molecule has 4 rings (SSSR count). The highest BCUT2D eigenvalue weighted by molar-refractivity contribution is 9.10. The molecule has 7 nitrogen and oxygen atoms in total. The Balaban J connectivity index is 0.000000238. The molecule has 240 valence electrons. The quantitative estimate of drug-likeness (QED) is 0.155. The lowest BCUT2D eigenvalue weighted by Crippen LogP contribution is -2.34. The average molecular weight is 687 g/mol. The number of benzene rings is 4. The highest BCUT2D eigenvalue weighted by Crippen LogP contribution is 2.23. The largest absolute Gasteiger partial charge is 0.639 e. The molecular formula is C33H39B2BrF2O7. The highest BCUT2D eigenvalue weighted by Gasteiger charge is 2.25. The topological polar surface area (TPSA) is 86.6 Å². The van der Waals surface area contributed by atoms with E-state index in [1.807, 2.05) is 65.8 Å². The summed E-state index contributed by atoms with van der Waals surface area (Å²) in [5.41, 5.74) is 0.386. The van der Waals surface area contributed by atoms with Crippen LogP contribution in [0.2, 0.25) is 0 Å². The van der Waals surface area contributed by atoms with Crippen molar-refractivity contribution in [2.45, 2.75) is 59.9 Å². The minimum absolute atomic E-state index is 0.113. The first-order valence-corrected chi connectivity index (χ1v) is 15.1. The molecule has 0 unspecified atom stereocenters. The molecule has 0 heterocycles. The Kier molecular flexibility index (Phi) is 16.9. The van der Waals surface area contributed by atoms with Crippen molar-refractivity contribution < 1.29 is 42.3 Å². The first-order valence-electron chi connectivity index (χ1n) is 14.4. The second-order valence-electron chi connectivity index (χ2n) is 10.4. The average Bonchev–Trinajstić information content (AvgIpc) is 2.97. The van der Waals surface area contributed by atoms with Crippen molar-refractivity contribution in [2.75, 3.05) is 0 Å². The van der Waals surface area contributed by atoms with Gasteiger partial charge in [-0.1, -0.05) is 28.1 Å². The molecule has 0 aliphatic heterocycles. The maximum absolute atomic E-state index is 12.7. The van der Waals surface area contributed by atoms with Gasteiger partial charge in [0.25, 0.3) is 0 Å². The van der Waals surface area contributed by atoms with E-state index < -0.39 is 14.4 Å². The zero-order chi connectivity index (χ0) is 33.4. The fourth-order valence-electron chi connectivity index (χ4n) is 3.25. The summed E-state index contributed by atoms with van der Waals surface area (Å²) in [5, 5.41) is 17.8. The second-order valence-corrected chi connectivity index (χ2v) is 11.3. The van der Waals surface area contributed by atoms with E-state index in [9.17, 15) is 8.78 Å². The monoisotopic (exact) mass is 686 g/mol. The Morgan fingerprint density at radius 3 is 1.09 bits per heavy atom. The summed E-state index contributed by atoms with van der Waals surface area (Å²) in [6.07, 6.45) is 0.340. The van der Waals surface area contributed by atoms with Crippen molar-refractivity contribution in [2.24, 2.45) is 0 Å². The van der Waals surface area contributed by atoms with Crippen molar-refractivity contribution in [3.05, 3.63) is 113 Å². The molecule has 0 saturated heterocycles. The molecule has 0 fully saturated rings. The van der Waals surface area contributed by atoms with Crippen LogP contribution >= 0.6 is 15.9 Å². The van der Waals surface area contributed by atoms with E-state index in [0.717, 1.165) is 10.2 Å². The van der Waals surface area contributed by atoms with E-state index in [1.54, 1.807) is 36.4 Å². The van der Waals surface area contributed by atoms with Crippen LogP contribution in [0, 0.1) is 11.6 Å². The van der Waals surface area contributed by atoms with Crippen LogP contribution in [0.4, 0.5) is 8.78 Å². The van der Waals surface area contributed by atoms with Crippen molar-refractivity contribution in [3.63, 3.8) is 0 Å². The maximum Gasteiger partial charge on any atom is 0.639 e. The van der Waals surface area contributed by atoms with Gasteiger partial charge in [-0.15, -0.1) is 0 Å². The minimum atomic E-state index is -1.49. The third-order valence-electron chi connectivity index (χ3n) is 5.24. The van der Waals surface area contributed by atoms with Gasteiger partial charge >= 0.3 is 14.4 Å². The van der Waals surface area contributed by atoms with Gasteiger partial charge < -0.3 is 33.5 Å². The van der Waals surface area contributed by atoms with Crippen LogP contribution in [-0.4, -0.2) is 42.8 Å². The summed E-state index contributed by atoms with van der Waals surface area (Å²) in [6, 6.07) is 25.3. The summed E-state index contributed by atoms with van der Waals surface area (Å²) in [4.78, 5) is 0. The van der Waals surface area contributed by atoms with Gasteiger partial charge in [0, 0.05) is 22.8 Å². The molecule has 4 aromatic rings. The van der Waals surface area contributed by atoms with Crippen molar-refractivity contribution in [1.82, 2.24) is 0 Å². The van der Waals surface area contributed by atoms with E-state index >= 15 is 0 Å². The molecule has 12 heteroatoms. The van der Waals surface area contributed by atoms with E-state index in [-0.39, 0.29) is 29.9 Å². The molecule has 45 heavy (non-hydrogen) atoms. The van der Waals surface area contributed by atoms with Crippen LogP contribution in [0.5, 0.6) is 23.0 Å². The van der Waals surface area contributed by atoms with Crippen molar-refractivity contribution in [3.8, 4) is 23.0 Å². The lowest BCUT2D eigenvalue weighted by atomic mass is 9.80. The number of halogens is 3. The maximum atomic E-state index is 12.7. The zero-order valence-electron chi connectivity index (χ0n) is 26.2. The third kappa shape index (κ3) is 16.6. The molecular weight excluding hydrogens is 648 g/mol. The highest BCUT2D eigenvalue weighted by atomic mass is 79.9. The van der Waals surface area contributed by atoms with Crippen molar-refractivity contribution >= 4 is 35.8 Å². The molecule has 0 atom stereocenters. The van der Waals surface area contributed by atoms with Gasteiger partial charge in [0.05, 0.1) is 0 Å². The van der Waals surface area contributed by atoms with Gasteiger partial charge in [-0.3, -0.25) is 0 Å². The van der Waals surface area contributed by atoms with Gasteiger partial charge in [-0.05, 0) is 132 Å². The predicted octanol–water partition coefficient (Wildman–Crippen LogP) is 7.92. The van der Waals surface area contributed by atoms with Crippen molar-refractivity contribution in [1.29, 1.82) is 0 Å². The van der Waals surface area contributed by atoms with E-state index in [2.05, 4.69) is 15.9 Å². The Morgan fingerprint density at radius 2 is 0.800 bits per heavy atom. The summed E-state index contributed by atoms with van der Waals surface area (Å²) >= 11 is 3.34. The molecule has 0 aliphatic rings. The number of rotatable bonds is 11. The number of ether oxygens (including phenoxy) is 2. The third-order valence-corrected chi connectivity index (χ3v) is 5.77. The number of hydrogen-bond acceptors (Lipinski definition) is 7. The standard InChI is InChI=1S/C12H10BFO3.C12H8BrFO.C9H21BO3/c14-10-3-7-12(8-4-10)17-11-5-1-9(2-6-11)13(15)16;13-9-1-5-11(6-2-9)15-12-7-3-10(14)4-8-12;1-7(2)11-10(12-8(3)4)13-9(5)6/h1-8,15-16H;1-8H;7-9H,1-6H3. The normalized spacial score (nSPS) is 10.5. The van der Waals surface area contributed by atoms with Crippen LogP contribution in [0.25, 0.3) is 0 Å². The SMILES string of the molecule is CC(C)OB(OC(C)C)OC(C)C.Fc1ccc(Oc2ccc(Br)cc2)cc1.OB(O)c1ccc(Oc2ccc(F)cc2)cc1. The van der Waals surface area contributed by atoms with Crippen LogP contribution < -0.4 is 14.9 Å². The van der Waals surface area contributed by atoms with Crippen LogP contribution in [0.1, 0.15) is 41.5 Å². The molecule has 0 aromatic heterocycles. The lowest BCUT2D eigenvalue weighted by Gasteiger charge is -2.20. The fourth-order valence-corrected chi connectivity index (χ4v) is 3.52. The van der Waals surface area contributed by atoms with Crippen LogP contribution in [0.15, 0.2) is 102 Å². The molecule has 4 aromatic carbocycles. The zero-order valence-corrected chi connectivity index (χ0v) is 27.8. The van der Waals surface area contributed by atoms with E-state index in [1.165, 1.54) is 36.4 Å². The Hall–Kier alpha value is -3.25. The first-order chi connectivity index (χ1) is 21.3. The van der Waals surface area contributed by atoms with E-state index in [0.29, 0.717) is 22.7 Å². The Morgan fingerprint density at radius 1 is 0.511 bits per heavy atom. The van der Waals surface area contributed by atoms with Gasteiger partial charge in [-0.2, -0.15) is 0 Å². The molecule has 0 spiro atoms. The van der Waals surface area contributed by atoms with Gasteiger partial charge in [0.1, 0.15) is 34.6 Å². The molecule has 0 aliphatic carbocycles. The summed E-state index contributed by atoms with van der Waals surface area (Å²) < 4.78 is 53.5. The van der Waals surface area contributed by atoms with Crippen LogP contribution in [-0.2, 0) is 14.0 Å².